The fourth-order valence-electron chi connectivity index (χ4n) is 10.9. The van der Waals surface area contributed by atoms with Gasteiger partial charge in [-0.05, 0) is 89.9 Å². The number of hydrogen-bond acceptors (Lipinski definition) is 5. The van der Waals surface area contributed by atoms with Crippen molar-refractivity contribution >= 4 is 11.9 Å². The molecule has 0 aromatic rings. The Labute approximate surface area is 493 Å². The highest BCUT2D eigenvalue weighted by Gasteiger charge is 2.18. The summed E-state index contributed by atoms with van der Waals surface area (Å²) in [5.74, 6) is -0.0578. The lowest BCUT2D eigenvalue weighted by Gasteiger charge is -2.20. The molecule has 1 amide bonds. The van der Waals surface area contributed by atoms with Crippen LogP contribution < -0.4 is 5.32 Å². The first kappa shape index (κ1) is 76.8. The first-order valence-corrected chi connectivity index (χ1v) is 35.4. The number of hydrogen-bond donors (Lipinski definition) is 3. The molecule has 464 valence electrons. The molecule has 0 aromatic carbocycles. The number of rotatable bonds is 66. The van der Waals surface area contributed by atoms with Crippen molar-refractivity contribution in [2.24, 2.45) is 0 Å². The molecule has 0 saturated heterocycles. The Balaban J connectivity index is 3.39. The minimum Gasteiger partial charge on any atom is -0.466 e. The van der Waals surface area contributed by atoms with Gasteiger partial charge in [-0.3, -0.25) is 9.59 Å². The molecule has 0 saturated carbocycles. The number of nitrogens with one attached hydrogen (secondary N) is 1. The normalized spacial score (nSPS) is 12.8. The van der Waals surface area contributed by atoms with Crippen molar-refractivity contribution in [2.75, 3.05) is 13.2 Å². The van der Waals surface area contributed by atoms with Crippen molar-refractivity contribution < 1.29 is 24.5 Å². The number of carbonyl (C=O) groups is 2. The Morgan fingerprint density at radius 2 is 0.633 bits per heavy atom. The molecule has 79 heavy (non-hydrogen) atoms. The highest BCUT2D eigenvalue weighted by molar-refractivity contribution is 5.76. The Hall–Kier alpha value is -2.18. The molecule has 0 bridgehead atoms. The molecule has 6 nitrogen and oxygen atoms in total. The number of esters is 1. The van der Waals surface area contributed by atoms with Crippen molar-refractivity contribution in [3.8, 4) is 0 Å². The quantitative estimate of drug-likeness (QED) is 0.0320. The summed E-state index contributed by atoms with van der Waals surface area (Å²) in [7, 11) is 0. The zero-order chi connectivity index (χ0) is 57.1. The second-order valence-corrected chi connectivity index (χ2v) is 24.2. The van der Waals surface area contributed by atoms with Crippen LogP contribution in [0.5, 0.6) is 0 Å². The lowest BCUT2D eigenvalue weighted by atomic mass is 10.0. The Morgan fingerprint density at radius 3 is 0.987 bits per heavy atom. The van der Waals surface area contributed by atoms with E-state index in [-0.39, 0.29) is 18.5 Å². The lowest BCUT2D eigenvalue weighted by molar-refractivity contribution is -0.143. The molecule has 0 rings (SSSR count). The second-order valence-electron chi connectivity index (χ2n) is 24.2. The molecule has 0 radical (unpaired) electrons. The van der Waals surface area contributed by atoms with E-state index in [1.54, 1.807) is 6.08 Å². The molecule has 2 atom stereocenters. The summed E-state index contributed by atoms with van der Waals surface area (Å²) in [6.45, 7) is 4.91. The summed E-state index contributed by atoms with van der Waals surface area (Å²) >= 11 is 0. The summed E-state index contributed by atoms with van der Waals surface area (Å²) < 4.78 is 5.50. The van der Waals surface area contributed by atoms with Gasteiger partial charge >= 0.3 is 5.97 Å². The van der Waals surface area contributed by atoms with Gasteiger partial charge in [-0.25, -0.2) is 0 Å². The van der Waals surface area contributed by atoms with Crippen molar-refractivity contribution in [3.63, 3.8) is 0 Å². The summed E-state index contributed by atoms with van der Waals surface area (Å²) in [5, 5.41) is 23.2. The van der Waals surface area contributed by atoms with Gasteiger partial charge in [-0.2, -0.15) is 0 Å². The Morgan fingerprint density at radius 1 is 0.354 bits per heavy atom. The summed E-state index contributed by atoms with van der Waals surface area (Å²) in [6.07, 6.45) is 89.0. The SMILES string of the molecule is CCCCCC/C=C\C/C=C\CCCCCCCCCC(=O)OCCCCCCCCCCCCCC/C=C\CCCCCCCCCCCCCCC(=O)NC(CO)C(O)/C=C/CCCCCCCCCCCCCCCC. The van der Waals surface area contributed by atoms with Crippen LogP contribution in [0.1, 0.15) is 380 Å². The molecular weight excluding hydrogens is 971 g/mol. The highest BCUT2D eigenvalue weighted by atomic mass is 16.5. The number of amides is 1. The maximum Gasteiger partial charge on any atom is 0.305 e. The molecule has 0 spiro atoms. The predicted octanol–water partition coefficient (Wildman–Crippen LogP) is 22.9. The van der Waals surface area contributed by atoms with E-state index in [2.05, 4.69) is 55.6 Å². The fraction of sp³-hybridized carbons (Fsp3) is 0.863. The summed E-state index contributed by atoms with van der Waals surface area (Å²) in [5.41, 5.74) is 0. The van der Waals surface area contributed by atoms with Gasteiger partial charge in [0.2, 0.25) is 5.91 Å². The third-order valence-corrected chi connectivity index (χ3v) is 16.3. The van der Waals surface area contributed by atoms with Crippen LogP contribution in [0.25, 0.3) is 0 Å². The van der Waals surface area contributed by atoms with Crippen LogP contribution in [0.4, 0.5) is 0 Å². The molecule has 0 heterocycles. The monoisotopic (exact) mass is 1110 g/mol. The highest BCUT2D eigenvalue weighted by Crippen LogP contribution is 2.18. The Kier molecular flexibility index (Phi) is 66.4. The standard InChI is InChI=1S/C73H137NO5/c1-3-5-7-9-11-13-15-17-19-21-35-39-43-47-51-55-59-63-67-73(78)79-68-64-60-56-52-48-44-40-36-33-31-29-27-25-23-22-24-26-28-30-32-34-38-42-46-50-54-58-62-66-72(77)74-70(69-75)71(76)65-61-57-53-49-45-41-37-20-18-16-14-12-10-8-6-4-2/h13,15,19,21-23,61,65,70-71,75-76H,3-12,14,16-18,20,24-60,62-64,66-69H2,1-2H3,(H,74,77)/b15-13-,21-19-,23-22-,65-61+. The van der Waals surface area contributed by atoms with E-state index in [1.165, 1.54) is 302 Å². The predicted molar refractivity (Wildman–Crippen MR) is 347 cm³/mol. The maximum absolute atomic E-state index is 12.5. The third kappa shape index (κ3) is 64.8. The van der Waals surface area contributed by atoms with E-state index in [0.717, 1.165) is 51.4 Å². The van der Waals surface area contributed by atoms with Crippen LogP contribution in [0.3, 0.4) is 0 Å². The number of aliphatic hydroxyl groups is 2. The molecule has 0 aliphatic rings. The van der Waals surface area contributed by atoms with E-state index in [4.69, 9.17) is 4.74 Å². The smallest absolute Gasteiger partial charge is 0.305 e. The first-order valence-electron chi connectivity index (χ1n) is 35.4. The van der Waals surface area contributed by atoms with Crippen molar-refractivity contribution in [2.45, 2.75) is 392 Å². The molecule has 0 aliphatic carbocycles. The number of unbranched alkanes of at least 4 members (excludes halogenated alkanes) is 49. The summed E-state index contributed by atoms with van der Waals surface area (Å²) in [6, 6.07) is -0.629. The van der Waals surface area contributed by atoms with Crippen LogP contribution in [0.15, 0.2) is 48.6 Å². The van der Waals surface area contributed by atoms with Crippen LogP contribution in [0.2, 0.25) is 0 Å². The van der Waals surface area contributed by atoms with Gasteiger partial charge in [-0.1, -0.05) is 326 Å². The van der Waals surface area contributed by atoms with Gasteiger partial charge < -0.3 is 20.3 Å². The molecule has 3 N–H and O–H groups in total. The number of ether oxygens (including phenoxy) is 1. The zero-order valence-corrected chi connectivity index (χ0v) is 53.1. The van der Waals surface area contributed by atoms with Gasteiger partial charge in [0.05, 0.1) is 25.4 Å². The minimum atomic E-state index is -0.845. The van der Waals surface area contributed by atoms with Crippen LogP contribution in [-0.2, 0) is 14.3 Å². The van der Waals surface area contributed by atoms with E-state index < -0.39 is 12.1 Å². The van der Waals surface area contributed by atoms with E-state index in [9.17, 15) is 19.8 Å². The van der Waals surface area contributed by atoms with Gasteiger partial charge in [0.25, 0.3) is 0 Å². The molecule has 0 aromatic heterocycles. The number of aliphatic hydroxyl groups excluding tert-OH is 2. The molecular formula is C73H137NO5. The second kappa shape index (κ2) is 68.3. The number of allylic oxidation sites excluding steroid dienone is 7. The van der Waals surface area contributed by atoms with Gasteiger partial charge in [-0.15, -0.1) is 0 Å². The number of carbonyl (C=O) groups excluding carboxylic acids is 2. The molecule has 6 heteroatoms. The molecule has 0 fully saturated rings. The van der Waals surface area contributed by atoms with Gasteiger partial charge in [0, 0.05) is 12.8 Å². The van der Waals surface area contributed by atoms with Crippen molar-refractivity contribution in [1.82, 2.24) is 5.32 Å². The average Bonchev–Trinajstić information content (AvgIpc) is 3.45. The first-order chi connectivity index (χ1) is 39.0. The van der Waals surface area contributed by atoms with Gasteiger partial charge in [0.15, 0.2) is 0 Å². The van der Waals surface area contributed by atoms with Crippen molar-refractivity contribution in [1.29, 1.82) is 0 Å². The topological polar surface area (TPSA) is 95.9 Å². The van der Waals surface area contributed by atoms with Crippen LogP contribution in [0, 0.1) is 0 Å². The van der Waals surface area contributed by atoms with E-state index in [0.29, 0.717) is 19.4 Å². The lowest BCUT2D eigenvalue weighted by Crippen LogP contribution is -2.45. The van der Waals surface area contributed by atoms with E-state index in [1.807, 2.05) is 6.08 Å². The van der Waals surface area contributed by atoms with E-state index >= 15 is 0 Å². The maximum atomic E-state index is 12.5. The minimum absolute atomic E-state index is 0.00827. The van der Waals surface area contributed by atoms with Crippen LogP contribution in [-0.4, -0.2) is 47.4 Å². The average molecular weight is 1110 g/mol. The fourth-order valence-corrected chi connectivity index (χ4v) is 10.9. The zero-order valence-electron chi connectivity index (χ0n) is 53.1. The molecule has 0 aliphatic heterocycles. The summed E-state index contributed by atoms with van der Waals surface area (Å²) in [4.78, 5) is 24.6. The third-order valence-electron chi connectivity index (χ3n) is 16.3. The largest absolute Gasteiger partial charge is 0.466 e. The van der Waals surface area contributed by atoms with Crippen molar-refractivity contribution in [3.05, 3.63) is 48.6 Å². The van der Waals surface area contributed by atoms with Gasteiger partial charge in [0.1, 0.15) is 0 Å². The molecule has 2 unspecified atom stereocenters. The van der Waals surface area contributed by atoms with Crippen LogP contribution >= 0.6 is 0 Å². The Bertz CT molecular complexity index is 1320.